The maximum absolute atomic E-state index is 6.86. The highest BCUT2D eigenvalue weighted by molar-refractivity contribution is 6.29. The molecule has 6 nitrogen and oxygen atoms in total. The SMILES string of the molecule is c1ccc(N(c2ccccc2)c2ccc3c(c2)CC(c2ccc4c5c6ccc7c(c6ccc5n(-c5ccccc5)c4c2)c2ccc(-c4cc5cc(N(c6ccccc6)c6ccccc6)ccc5o4)cc2n7-c2ccccc2)O3)cc1. The van der Waals surface area contributed by atoms with Crippen molar-refractivity contribution in [3.05, 3.63) is 296 Å². The van der Waals surface area contributed by atoms with Crippen LogP contribution in [0.1, 0.15) is 17.2 Å². The molecule has 1 unspecified atom stereocenters. The lowest BCUT2D eigenvalue weighted by molar-refractivity contribution is 0.239. The molecule has 3 aromatic heterocycles. The number of furan rings is 1. The first-order valence-corrected chi connectivity index (χ1v) is 27.4. The molecule has 0 saturated carbocycles. The fourth-order valence-corrected chi connectivity index (χ4v) is 12.6. The van der Waals surface area contributed by atoms with Crippen molar-refractivity contribution in [3.8, 4) is 28.4 Å². The van der Waals surface area contributed by atoms with Gasteiger partial charge in [0.05, 0.1) is 22.1 Å². The minimum atomic E-state index is -0.138. The van der Waals surface area contributed by atoms with E-state index in [0.29, 0.717) is 0 Å². The smallest absolute Gasteiger partial charge is 0.135 e. The molecule has 0 radical (unpaired) electrons. The first-order chi connectivity index (χ1) is 39.7. The average molecular weight is 1030 g/mol. The summed E-state index contributed by atoms with van der Waals surface area (Å²) in [6, 6.07) is 102. The predicted molar refractivity (Wildman–Crippen MR) is 331 cm³/mol. The second kappa shape index (κ2) is 18.6. The zero-order chi connectivity index (χ0) is 52.7. The van der Waals surface area contributed by atoms with Crippen molar-refractivity contribution in [2.24, 2.45) is 0 Å². The second-order valence-corrected chi connectivity index (χ2v) is 20.8. The number of hydrogen-bond donors (Lipinski definition) is 0. The number of benzene rings is 12. The van der Waals surface area contributed by atoms with Crippen molar-refractivity contribution in [1.82, 2.24) is 9.13 Å². The highest BCUT2D eigenvalue weighted by atomic mass is 16.5. The molecule has 15 aromatic rings. The molecule has 0 amide bonds. The molecule has 0 fully saturated rings. The van der Waals surface area contributed by atoms with Gasteiger partial charge in [0.1, 0.15) is 23.2 Å². The molecule has 1 atom stereocenters. The van der Waals surface area contributed by atoms with Crippen LogP contribution >= 0.6 is 0 Å². The van der Waals surface area contributed by atoms with E-state index in [1.807, 2.05) is 0 Å². The number of nitrogens with zero attached hydrogens (tertiary/aromatic N) is 4. The number of para-hydroxylation sites is 6. The van der Waals surface area contributed by atoms with Gasteiger partial charge < -0.3 is 28.1 Å². The predicted octanol–water partition coefficient (Wildman–Crippen LogP) is 20.1. The van der Waals surface area contributed by atoms with E-state index in [9.17, 15) is 0 Å². The summed E-state index contributed by atoms with van der Waals surface area (Å²) in [5.41, 5.74) is 17.6. The summed E-state index contributed by atoms with van der Waals surface area (Å²) in [5, 5.41) is 8.30. The van der Waals surface area contributed by atoms with E-state index in [2.05, 4.69) is 304 Å². The van der Waals surface area contributed by atoms with Crippen molar-refractivity contribution in [1.29, 1.82) is 0 Å². The van der Waals surface area contributed by atoms with Crippen LogP contribution in [-0.4, -0.2) is 9.13 Å². The van der Waals surface area contributed by atoms with Crippen LogP contribution in [0.25, 0.3) is 88.1 Å². The number of rotatable bonds is 10. The van der Waals surface area contributed by atoms with Gasteiger partial charge in [0, 0.05) is 90.0 Å². The Balaban J connectivity index is 0.814. The zero-order valence-corrected chi connectivity index (χ0v) is 43.5. The molecule has 12 aromatic carbocycles. The Hall–Kier alpha value is -10.6. The molecular formula is C74H50N4O2. The van der Waals surface area contributed by atoms with E-state index in [4.69, 9.17) is 9.15 Å². The van der Waals surface area contributed by atoms with Crippen LogP contribution in [0.15, 0.2) is 290 Å². The summed E-state index contributed by atoms with van der Waals surface area (Å²) in [7, 11) is 0. The summed E-state index contributed by atoms with van der Waals surface area (Å²) in [4.78, 5) is 4.61. The minimum Gasteiger partial charge on any atom is -0.485 e. The quantitative estimate of drug-likeness (QED) is 0.137. The molecule has 4 heterocycles. The van der Waals surface area contributed by atoms with Gasteiger partial charge in [0.15, 0.2) is 0 Å². The average Bonchev–Trinajstić information content (AvgIpc) is 4.51. The van der Waals surface area contributed by atoms with Gasteiger partial charge in [-0.15, -0.1) is 0 Å². The summed E-state index contributed by atoms with van der Waals surface area (Å²) in [6.45, 7) is 0. The number of anilines is 6. The van der Waals surface area contributed by atoms with Gasteiger partial charge in [-0.25, -0.2) is 0 Å². The fourth-order valence-electron chi connectivity index (χ4n) is 12.6. The fraction of sp³-hybridized carbons (Fsp3) is 0.0270. The second-order valence-electron chi connectivity index (χ2n) is 20.8. The lowest BCUT2D eigenvalue weighted by atomic mass is 9.98. The Labute approximate surface area is 462 Å². The van der Waals surface area contributed by atoms with Gasteiger partial charge in [-0.1, -0.05) is 146 Å². The normalized spacial score (nSPS) is 13.2. The molecule has 1 aliphatic rings. The topological polar surface area (TPSA) is 38.7 Å². The Morgan fingerprint density at radius 3 is 1.35 bits per heavy atom. The Kier molecular flexibility index (Phi) is 10.6. The summed E-state index contributed by atoms with van der Waals surface area (Å²) in [6.07, 6.45) is 0.631. The molecule has 0 spiro atoms. The van der Waals surface area contributed by atoms with E-state index in [1.165, 1.54) is 37.9 Å². The van der Waals surface area contributed by atoms with Crippen LogP contribution in [0.5, 0.6) is 5.75 Å². The van der Waals surface area contributed by atoms with Crippen molar-refractivity contribution < 1.29 is 9.15 Å². The largest absolute Gasteiger partial charge is 0.485 e. The van der Waals surface area contributed by atoms with Crippen LogP contribution < -0.4 is 14.5 Å². The van der Waals surface area contributed by atoms with Gasteiger partial charge in [0.25, 0.3) is 0 Å². The molecule has 378 valence electrons. The standard InChI is InChI=1S/C74H50N4O2/c1-7-19-53(20-8-1)75(54-21-9-2-10-22-54)59-33-41-69-51(43-59)47-71(79-69)49-31-35-63-67(45-49)77(57-27-15-5-16-28-57)65-39-37-62-61(73(63)65)38-40-66-74(62)64-36-32-50(46-68(64)78(66)58-29-17-6-18-30-58)72-48-52-44-60(34-42-70(52)80-72)76(55-23-11-3-12-24-55)56-25-13-4-14-26-56/h1-47,72H,48H2. The van der Waals surface area contributed by atoms with Gasteiger partial charge in [-0.2, -0.15) is 0 Å². The van der Waals surface area contributed by atoms with Crippen LogP contribution in [0, 0.1) is 0 Å². The van der Waals surface area contributed by atoms with Gasteiger partial charge in [0.2, 0.25) is 0 Å². The number of aromatic nitrogens is 2. The van der Waals surface area contributed by atoms with E-state index in [1.54, 1.807) is 0 Å². The van der Waals surface area contributed by atoms with E-state index in [-0.39, 0.29) is 6.10 Å². The first-order valence-electron chi connectivity index (χ1n) is 27.4. The van der Waals surface area contributed by atoms with Crippen LogP contribution in [0.2, 0.25) is 0 Å². The maximum Gasteiger partial charge on any atom is 0.135 e. The maximum atomic E-state index is 6.86. The molecule has 16 rings (SSSR count). The van der Waals surface area contributed by atoms with Crippen LogP contribution in [0.4, 0.5) is 34.1 Å². The molecule has 0 saturated heterocycles. The highest BCUT2D eigenvalue weighted by Gasteiger charge is 2.28. The Morgan fingerprint density at radius 2 is 0.812 bits per heavy atom. The number of ether oxygens (including phenoxy) is 1. The third-order valence-corrected chi connectivity index (χ3v) is 16.2. The third kappa shape index (κ3) is 7.48. The molecule has 0 aliphatic carbocycles. The lowest BCUT2D eigenvalue weighted by Gasteiger charge is -2.25. The summed E-state index contributed by atoms with van der Waals surface area (Å²) >= 11 is 0. The Bertz CT molecular complexity index is 4740. The molecule has 0 bridgehead atoms. The molecule has 1 aliphatic heterocycles. The number of hydrogen-bond acceptors (Lipinski definition) is 4. The third-order valence-electron chi connectivity index (χ3n) is 16.2. The lowest BCUT2D eigenvalue weighted by Crippen LogP contribution is -2.09. The molecule has 80 heavy (non-hydrogen) atoms. The zero-order valence-electron chi connectivity index (χ0n) is 43.5. The van der Waals surface area contributed by atoms with Crippen molar-refractivity contribution in [2.45, 2.75) is 12.5 Å². The summed E-state index contributed by atoms with van der Waals surface area (Å²) < 4.78 is 18.4. The summed E-state index contributed by atoms with van der Waals surface area (Å²) in [5.74, 6) is 1.76. The number of fused-ring (bicyclic) bond motifs is 11. The Morgan fingerprint density at radius 1 is 0.350 bits per heavy atom. The van der Waals surface area contributed by atoms with E-state index < -0.39 is 0 Å². The van der Waals surface area contributed by atoms with Crippen LogP contribution in [0.3, 0.4) is 0 Å². The molecule has 0 N–H and O–H groups in total. The van der Waals surface area contributed by atoms with E-state index in [0.717, 1.165) is 108 Å². The van der Waals surface area contributed by atoms with Gasteiger partial charge in [-0.05, 0) is 156 Å². The van der Waals surface area contributed by atoms with Crippen LogP contribution in [-0.2, 0) is 6.42 Å². The van der Waals surface area contributed by atoms with Gasteiger partial charge >= 0.3 is 0 Å². The van der Waals surface area contributed by atoms with E-state index >= 15 is 0 Å². The molecule has 6 heteroatoms. The van der Waals surface area contributed by atoms with Crippen molar-refractivity contribution in [2.75, 3.05) is 9.80 Å². The minimum absolute atomic E-state index is 0.138. The monoisotopic (exact) mass is 1030 g/mol. The van der Waals surface area contributed by atoms with Crippen molar-refractivity contribution in [3.63, 3.8) is 0 Å². The van der Waals surface area contributed by atoms with Crippen molar-refractivity contribution >= 4 is 99.5 Å². The molecular weight excluding hydrogens is 977 g/mol. The first kappa shape index (κ1) is 45.6. The van der Waals surface area contributed by atoms with Gasteiger partial charge in [-0.3, -0.25) is 0 Å². The highest BCUT2D eigenvalue weighted by Crippen LogP contribution is 2.47.